The predicted octanol–water partition coefficient (Wildman–Crippen LogP) is 2.60. The summed E-state index contributed by atoms with van der Waals surface area (Å²) < 4.78 is 0. The van der Waals surface area contributed by atoms with Crippen LogP contribution in [-0.2, 0) is 0 Å². The van der Waals surface area contributed by atoms with E-state index in [4.69, 9.17) is 11.6 Å². The topological polar surface area (TPSA) is 64.1 Å². The Bertz CT molecular complexity index is 310. The number of hydrogen-bond donors (Lipinski definition) is 3. The van der Waals surface area contributed by atoms with E-state index in [1.807, 2.05) is 24.3 Å². The van der Waals surface area contributed by atoms with Crippen LogP contribution in [0.5, 0.6) is 0 Å². The molecule has 0 fully saturated rings. The van der Waals surface area contributed by atoms with Crippen molar-refractivity contribution in [1.82, 2.24) is 5.43 Å². The third-order valence-electron chi connectivity index (χ3n) is 2.85. The van der Waals surface area contributed by atoms with Crippen LogP contribution in [0.15, 0.2) is 24.3 Å². The number of hydrazine groups is 1. The minimum absolute atomic E-state index is 0.167. The van der Waals surface area contributed by atoms with Gasteiger partial charge in [0.1, 0.15) is 0 Å². The van der Waals surface area contributed by atoms with Crippen molar-refractivity contribution in [2.75, 3.05) is 5.73 Å². The molecule has 1 aromatic carbocycles. The van der Waals surface area contributed by atoms with Crippen molar-refractivity contribution in [3.8, 4) is 0 Å². The van der Waals surface area contributed by atoms with Crippen LogP contribution in [0.2, 0.25) is 0 Å². The van der Waals surface area contributed by atoms with Crippen LogP contribution in [0.25, 0.3) is 0 Å². The van der Waals surface area contributed by atoms with E-state index in [1.54, 1.807) is 0 Å². The maximum Gasteiger partial charge on any atom is 0.0480 e. The standard InChI is InChI=1S/C13H23N3/c1-10(2)6-5-9-13(16-15)11-7-3-4-8-12(11)14/h3-4,7-8,10,13,16H,5-6,9,14-15H2,1-2H3. The lowest BCUT2D eigenvalue weighted by atomic mass is 9.97. The second-order valence-electron chi connectivity index (χ2n) is 4.67. The van der Waals surface area contributed by atoms with Crippen molar-refractivity contribution in [2.24, 2.45) is 11.8 Å². The fourth-order valence-electron chi connectivity index (χ4n) is 1.89. The summed E-state index contributed by atoms with van der Waals surface area (Å²) in [6, 6.07) is 8.07. The molecule has 1 rings (SSSR count). The number of nitrogens with two attached hydrogens (primary N) is 2. The summed E-state index contributed by atoms with van der Waals surface area (Å²) in [5.74, 6) is 6.33. The highest BCUT2D eigenvalue weighted by molar-refractivity contribution is 5.48. The number of benzene rings is 1. The quantitative estimate of drug-likeness (QED) is 0.393. The Hall–Kier alpha value is -1.06. The van der Waals surface area contributed by atoms with Crippen LogP contribution >= 0.6 is 0 Å². The van der Waals surface area contributed by atoms with Crippen LogP contribution in [0.1, 0.15) is 44.7 Å². The summed E-state index contributed by atoms with van der Waals surface area (Å²) >= 11 is 0. The van der Waals surface area contributed by atoms with Gasteiger partial charge in [0, 0.05) is 11.7 Å². The number of rotatable bonds is 6. The molecule has 1 atom stereocenters. The lowest BCUT2D eigenvalue weighted by Crippen LogP contribution is -2.28. The second kappa shape index (κ2) is 6.51. The molecule has 5 N–H and O–H groups in total. The van der Waals surface area contributed by atoms with Gasteiger partial charge >= 0.3 is 0 Å². The van der Waals surface area contributed by atoms with Crippen LogP contribution < -0.4 is 17.0 Å². The third-order valence-corrected chi connectivity index (χ3v) is 2.85. The molecule has 3 heteroatoms. The molecular weight excluding hydrogens is 198 g/mol. The summed E-state index contributed by atoms with van der Waals surface area (Å²) in [6.07, 6.45) is 3.43. The van der Waals surface area contributed by atoms with Crippen LogP contribution in [0.4, 0.5) is 5.69 Å². The fraction of sp³-hybridized carbons (Fsp3) is 0.538. The predicted molar refractivity (Wildman–Crippen MR) is 69.6 cm³/mol. The van der Waals surface area contributed by atoms with Gasteiger partial charge in [-0.15, -0.1) is 0 Å². The molecule has 0 saturated heterocycles. The molecule has 0 aromatic heterocycles. The van der Waals surface area contributed by atoms with E-state index in [1.165, 1.54) is 12.8 Å². The van der Waals surface area contributed by atoms with Crippen LogP contribution in [0, 0.1) is 5.92 Å². The van der Waals surface area contributed by atoms with Gasteiger partial charge in [-0.3, -0.25) is 11.3 Å². The zero-order chi connectivity index (χ0) is 12.0. The zero-order valence-electron chi connectivity index (χ0n) is 10.2. The Kier molecular flexibility index (Phi) is 5.29. The van der Waals surface area contributed by atoms with Crippen molar-refractivity contribution in [2.45, 2.75) is 39.2 Å². The average molecular weight is 221 g/mol. The van der Waals surface area contributed by atoms with Crippen molar-refractivity contribution in [3.05, 3.63) is 29.8 Å². The van der Waals surface area contributed by atoms with Gasteiger partial charge in [-0.2, -0.15) is 0 Å². The highest BCUT2D eigenvalue weighted by Gasteiger charge is 2.11. The molecule has 0 heterocycles. The number of hydrogen-bond acceptors (Lipinski definition) is 3. The number of anilines is 1. The highest BCUT2D eigenvalue weighted by atomic mass is 15.2. The largest absolute Gasteiger partial charge is 0.398 e. The summed E-state index contributed by atoms with van der Waals surface area (Å²) in [7, 11) is 0. The van der Waals surface area contributed by atoms with Crippen molar-refractivity contribution >= 4 is 5.69 Å². The minimum Gasteiger partial charge on any atom is -0.398 e. The first-order chi connectivity index (χ1) is 7.65. The molecule has 0 aliphatic carbocycles. The van der Waals surface area contributed by atoms with Gasteiger partial charge in [0.25, 0.3) is 0 Å². The fourth-order valence-corrected chi connectivity index (χ4v) is 1.89. The first kappa shape index (κ1) is 13.0. The van der Waals surface area contributed by atoms with Gasteiger partial charge in [-0.05, 0) is 24.0 Å². The lowest BCUT2D eigenvalue weighted by Gasteiger charge is -2.18. The SMILES string of the molecule is CC(C)CCCC(NN)c1ccccc1N. The third kappa shape index (κ3) is 3.83. The molecule has 0 amide bonds. The molecule has 0 aliphatic heterocycles. The molecule has 1 aromatic rings. The summed E-state index contributed by atoms with van der Waals surface area (Å²) in [5, 5.41) is 0. The van der Waals surface area contributed by atoms with Crippen molar-refractivity contribution in [3.63, 3.8) is 0 Å². The monoisotopic (exact) mass is 221 g/mol. The van der Waals surface area contributed by atoms with Crippen molar-refractivity contribution in [1.29, 1.82) is 0 Å². The molecule has 1 unspecified atom stereocenters. The number of nitrogens with one attached hydrogen (secondary N) is 1. The molecule has 0 spiro atoms. The van der Waals surface area contributed by atoms with Gasteiger partial charge in [0.15, 0.2) is 0 Å². The van der Waals surface area contributed by atoms with Gasteiger partial charge in [-0.25, -0.2) is 0 Å². The van der Waals surface area contributed by atoms with E-state index in [2.05, 4.69) is 19.3 Å². The van der Waals surface area contributed by atoms with E-state index in [9.17, 15) is 0 Å². The van der Waals surface area contributed by atoms with Gasteiger partial charge in [0.05, 0.1) is 0 Å². The van der Waals surface area contributed by atoms with Gasteiger partial charge in [0.2, 0.25) is 0 Å². The number of para-hydroxylation sites is 1. The second-order valence-corrected chi connectivity index (χ2v) is 4.67. The molecule has 3 nitrogen and oxygen atoms in total. The summed E-state index contributed by atoms with van der Waals surface area (Å²) in [4.78, 5) is 0. The highest BCUT2D eigenvalue weighted by Crippen LogP contribution is 2.24. The Labute approximate surface area is 98.2 Å². The Morgan fingerprint density at radius 1 is 1.19 bits per heavy atom. The molecule has 90 valence electrons. The normalized spacial score (nSPS) is 13.0. The molecule has 0 radical (unpaired) electrons. The lowest BCUT2D eigenvalue weighted by molar-refractivity contribution is 0.456. The summed E-state index contributed by atoms with van der Waals surface area (Å²) in [6.45, 7) is 4.48. The molecule has 0 bridgehead atoms. The molecule has 0 saturated carbocycles. The van der Waals surface area contributed by atoms with E-state index < -0.39 is 0 Å². The maximum atomic E-state index is 5.93. The van der Waals surface area contributed by atoms with Crippen LogP contribution in [-0.4, -0.2) is 0 Å². The first-order valence-corrected chi connectivity index (χ1v) is 5.95. The zero-order valence-corrected chi connectivity index (χ0v) is 10.2. The van der Waals surface area contributed by atoms with Crippen LogP contribution in [0.3, 0.4) is 0 Å². The Balaban J connectivity index is 2.57. The van der Waals surface area contributed by atoms with Gasteiger partial charge in [-0.1, -0.05) is 44.9 Å². The molecule has 0 aliphatic rings. The average Bonchev–Trinajstić information content (AvgIpc) is 2.25. The minimum atomic E-state index is 0.167. The van der Waals surface area contributed by atoms with E-state index in [-0.39, 0.29) is 6.04 Å². The smallest absolute Gasteiger partial charge is 0.0480 e. The van der Waals surface area contributed by atoms with E-state index >= 15 is 0 Å². The maximum absolute atomic E-state index is 5.93. The first-order valence-electron chi connectivity index (χ1n) is 5.95. The molecular formula is C13H23N3. The number of nitrogen functional groups attached to an aromatic ring is 1. The van der Waals surface area contributed by atoms with Crippen molar-refractivity contribution < 1.29 is 0 Å². The van der Waals surface area contributed by atoms with E-state index in [0.717, 1.165) is 23.6 Å². The summed E-state index contributed by atoms with van der Waals surface area (Å²) in [5.41, 5.74) is 10.7. The van der Waals surface area contributed by atoms with E-state index in [0.29, 0.717) is 0 Å². The Morgan fingerprint density at radius 3 is 2.44 bits per heavy atom. The Morgan fingerprint density at radius 2 is 1.88 bits per heavy atom. The molecule has 16 heavy (non-hydrogen) atoms. The van der Waals surface area contributed by atoms with Gasteiger partial charge < -0.3 is 5.73 Å².